The molecule has 2 nitrogen and oxygen atoms in total. The van der Waals surface area contributed by atoms with Crippen LogP contribution in [-0.4, -0.2) is 5.84 Å². The van der Waals surface area contributed by atoms with Crippen molar-refractivity contribution in [2.75, 3.05) is 0 Å². The molecule has 3 N–H and O–H groups in total. The minimum atomic E-state index is 0.160. The molecule has 0 atom stereocenters. The second-order valence-electron chi connectivity index (χ2n) is 1.90. The quantitative estimate of drug-likeness (QED) is 0.449. The molecule has 48 valence electrons. The van der Waals surface area contributed by atoms with Crippen LogP contribution in [0.2, 0.25) is 0 Å². The van der Waals surface area contributed by atoms with Crippen LogP contribution in [-0.2, 0) is 0 Å². The summed E-state index contributed by atoms with van der Waals surface area (Å²) in [5.41, 5.74) is 6.39. The van der Waals surface area contributed by atoms with Crippen molar-refractivity contribution in [1.82, 2.24) is 0 Å². The van der Waals surface area contributed by atoms with Crippen molar-refractivity contribution < 1.29 is 0 Å². The molecule has 1 rings (SSSR count). The summed E-state index contributed by atoms with van der Waals surface area (Å²) in [6.07, 6.45) is 0. The van der Waals surface area contributed by atoms with E-state index in [0.29, 0.717) is 0 Å². The third-order valence-electron chi connectivity index (χ3n) is 0.996. The van der Waals surface area contributed by atoms with E-state index in [0.717, 1.165) is 4.88 Å². The minimum Gasteiger partial charge on any atom is -0.383 e. The summed E-state index contributed by atoms with van der Waals surface area (Å²) in [5, 5.41) is 9.02. The molecule has 0 aliphatic carbocycles. The van der Waals surface area contributed by atoms with E-state index in [1.165, 1.54) is 16.9 Å². The van der Waals surface area contributed by atoms with Gasteiger partial charge in [0.15, 0.2) is 0 Å². The minimum absolute atomic E-state index is 0.160. The molecular formula is C6H8N2S. The van der Waals surface area contributed by atoms with Gasteiger partial charge in [0.05, 0.1) is 4.88 Å². The Hall–Kier alpha value is -0.830. The van der Waals surface area contributed by atoms with Gasteiger partial charge in [0.2, 0.25) is 0 Å². The molecule has 1 aromatic heterocycles. The first-order chi connectivity index (χ1) is 4.20. The smallest absolute Gasteiger partial charge is 0.133 e. The van der Waals surface area contributed by atoms with E-state index in [-0.39, 0.29) is 5.84 Å². The van der Waals surface area contributed by atoms with Gasteiger partial charge >= 0.3 is 0 Å². The monoisotopic (exact) mass is 140 g/mol. The molecule has 0 aromatic carbocycles. The normalized spacial score (nSPS) is 9.44. The number of hydrogen-bond donors (Lipinski definition) is 2. The fraction of sp³-hybridized carbons (Fsp3) is 0.167. The molecule has 0 radical (unpaired) electrons. The fourth-order valence-electron chi connectivity index (χ4n) is 0.572. The predicted molar refractivity (Wildman–Crippen MR) is 40.1 cm³/mol. The van der Waals surface area contributed by atoms with Gasteiger partial charge in [-0.05, 0) is 23.9 Å². The second kappa shape index (κ2) is 2.19. The van der Waals surface area contributed by atoms with Gasteiger partial charge in [-0.2, -0.15) is 0 Å². The number of nitrogens with two attached hydrogens (primary N) is 1. The van der Waals surface area contributed by atoms with Gasteiger partial charge in [0.1, 0.15) is 5.84 Å². The predicted octanol–water partition coefficient (Wildman–Crippen LogP) is 1.34. The first-order valence-electron chi connectivity index (χ1n) is 2.59. The number of rotatable bonds is 1. The van der Waals surface area contributed by atoms with Crippen LogP contribution >= 0.6 is 11.3 Å². The van der Waals surface area contributed by atoms with E-state index < -0.39 is 0 Å². The summed E-state index contributed by atoms with van der Waals surface area (Å²) < 4.78 is 0. The molecule has 1 heterocycles. The molecule has 9 heavy (non-hydrogen) atoms. The molecule has 0 unspecified atom stereocenters. The number of amidine groups is 1. The van der Waals surface area contributed by atoms with Crippen LogP contribution in [0.3, 0.4) is 0 Å². The number of aryl methyl sites for hydroxylation is 1. The molecule has 0 fully saturated rings. The average molecular weight is 140 g/mol. The number of hydrogen-bond acceptors (Lipinski definition) is 2. The van der Waals surface area contributed by atoms with Gasteiger partial charge in [-0.15, -0.1) is 11.3 Å². The van der Waals surface area contributed by atoms with Crippen molar-refractivity contribution in [3.05, 3.63) is 21.9 Å². The third kappa shape index (κ3) is 1.29. The lowest BCUT2D eigenvalue weighted by Gasteiger charge is -1.85. The maximum atomic E-state index is 7.04. The zero-order chi connectivity index (χ0) is 6.85. The first kappa shape index (κ1) is 6.29. The van der Waals surface area contributed by atoms with Crippen molar-refractivity contribution in [2.24, 2.45) is 5.73 Å². The highest BCUT2D eigenvalue weighted by atomic mass is 32.1. The molecule has 0 amide bonds. The zero-order valence-electron chi connectivity index (χ0n) is 5.14. The summed E-state index contributed by atoms with van der Waals surface area (Å²) in [7, 11) is 0. The van der Waals surface area contributed by atoms with Crippen LogP contribution in [0, 0.1) is 12.3 Å². The van der Waals surface area contributed by atoms with Gasteiger partial charge < -0.3 is 5.73 Å². The highest BCUT2D eigenvalue weighted by Crippen LogP contribution is 2.11. The number of nitrogens with one attached hydrogen (secondary N) is 1. The van der Waals surface area contributed by atoms with E-state index >= 15 is 0 Å². The topological polar surface area (TPSA) is 49.9 Å². The number of nitrogen functional groups attached to an aromatic ring is 1. The van der Waals surface area contributed by atoms with Gasteiger partial charge in [-0.25, -0.2) is 0 Å². The average Bonchev–Trinajstić information content (AvgIpc) is 2.14. The van der Waals surface area contributed by atoms with Gasteiger partial charge in [-0.1, -0.05) is 0 Å². The van der Waals surface area contributed by atoms with Crippen molar-refractivity contribution in [3.8, 4) is 0 Å². The zero-order valence-corrected chi connectivity index (χ0v) is 5.96. The van der Waals surface area contributed by atoms with E-state index in [2.05, 4.69) is 0 Å². The molecule has 0 aliphatic heterocycles. The molecule has 1 aromatic rings. The van der Waals surface area contributed by atoms with Gasteiger partial charge in [0, 0.05) is 0 Å². The largest absolute Gasteiger partial charge is 0.383 e. The molecule has 0 saturated carbocycles. The molecule has 0 saturated heterocycles. The van der Waals surface area contributed by atoms with Crippen LogP contribution in [0.4, 0.5) is 0 Å². The Morgan fingerprint density at radius 2 is 2.44 bits per heavy atom. The van der Waals surface area contributed by atoms with Crippen molar-refractivity contribution >= 4 is 17.2 Å². The molecular weight excluding hydrogens is 132 g/mol. The highest BCUT2D eigenvalue weighted by Gasteiger charge is 1.96. The van der Waals surface area contributed by atoms with E-state index in [1.54, 1.807) is 0 Å². The first-order valence-corrected chi connectivity index (χ1v) is 3.47. The molecule has 0 spiro atoms. The molecule has 0 aliphatic rings. The molecule has 0 bridgehead atoms. The Morgan fingerprint density at radius 3 is 2.67 bits per heavy atom. The van der Waals surface area contributed by atoms with Crippen LogP contribution in [0.25, 0.3) is 0 Å². The van der Waals surface area contributed by atoms with E-state index in [9.17, 15) is 0 Å². The summed E-state index contributed by atoms with van der Waals surface area (Å²) in [4.78, 5) is 0.854. The maximum Gasteiger partial charge on any atom is 0.133 e. The van der Waals surface area contributed by atoms with E-state index in [1.807, 2.05) is 18.4 Å². The second-order valence-corrected chi connectivity index (χ2v) is 2.81. The molecule has 3 heteroatoms. The Balaban J connectivity index is 2.98. The van der Waals surface area contributed by atoms with Crippen LogP contribution < -0.4 is 5.73 Å². The van der Waals surface area contributed by atoms with Crippen LogP contribution in [0.5, 0.6) is 0 Å². The lowest BCUT2D eigenvalue weighted by molar-refractivity contribution is 1.44. The lowest BCUT2D eigenvalue weighted by Crippen LogP contribution is -2.08. The Bertz CT molecular complexity index is 227. The summed E-state index contributed by atoms with van der Waals surface area (Å²) >= 11 is 1.51. The van der Waals surface area contributed by atoms with Crippen LogP contribution in [0.1, 0.15) is 10.4 Å². The highest BCUT2D eigenvalue weighted by molar-refractivity contribution is 7.12. The standard InChI is InChI=1S/C6H8N2S/c1-4-2-5(6(7)8)9-3-4/h2-3H,1H3,(H3,7,8). The van der Waals surface area contributed by atoms with Crippen molar-refractivity contribution in [2.45, 2.75) is 6.92 Å². The Kier molecular flexibility index (Phi) is 1.53. The van der Waals surface area contributed by atoms with Crippen LogP contribution in [0.15, 0.2) is 11.4 Å². The Morgan fingerprint density at radius 1 is 1.78 bits per heavy atom. The van der Waals surface area contributed by atoms with Gasteiger partial charge in [-0.3, -0.25) is 5.41 Å². The number of thiophene rings is 1. The SMILES string of the molecule is Cc1csc(C(=N)N)c1. The van der Waals surface area contributed by atoms with Gasteiger partial charge in [0.25, 0.3) is 0 Å². The lowest BCUT2D eigenvalue weighted by atomic mass is 10.3. The van der Waals surface area contributed by atoms with E-state index in [4.69, 9.17) is 11.1 Å². The summed E-state index contributed by atoms with van der Waals surface area (Å²) in [5.74, 6) is 0.160. The van der Waals surface area contributed by atoms with Crippen molar-refractivity contribution in [1.29, 1.82) is 5.41 Å². The van der Waals surface area contributed by atoms with Crippen molar-refractivity contribution in [3.63, 3.8) is 0 Å². The fourth-order valence-corrected chi connectivity index (χ4v) is 1.33. The third-order valence-corrected chi connectivity index (χ3v) is 2.08. The summed E-state index contributed by atoms with van der Waals surface area (Å²) in [6.45, 7) is 1.99. The summed E-state index contributed by atoms with van der Waals surface area (Å²) in [6, 6.07) is 1.91. The Labute approximate surface area is 57.8 Å². The maximum absolute atomic E-state index is 7.04.